The van der Waals surface area contributed by atoms with Gasteiger partial charge in [0, 0.05) is 13.0 Å². The number of aliphatic hydroxyl groups excluding tert-OH is 1. The number of benzene rings is 1. The van der Waals surface area contributed by atoms with Crippen LogP contribution in [-0.4, -0.2) is 21.6 Å². The molecule has 0 saturated carbocycles. The van der Waals surface area contributed by atoms with Crippen LogP contribution in [0.5, 0.6) is 0 Å². The molecule has 5 heteroatoms. The third-order valence-electron chi connectivity index (χ3n) is 3.60. The molecule has 114 valence electrons. The van der Waals surface area contributed by atoms with Crippen LogP contribution in [0.2, 0.25) is 0 Å². The third-order valence-corrected chi connectivity index (χ3v) is 4.41. The van der Waals surface area contributed by atoms with Gasteiger partial charge in [0.15, 0.2) is 0 Å². The normalized spacial score (nSPS) is 11.0. The summed E-state index contributed by atoms with van der Waals surface area (Å²) in [7, 11) is 0. The van der Waals surface area contributed by atoms with Crippen LogP contribution >= 0.6 is 11.3 Å². The van der Waals surface area contributed by atoms with Crippen molar-refractivity contribution in [3.63, 3.8) is 0 Å². The van der Waals surface area contributed by atoms with Crippen molar-refractivity contribution in [2.75, 3.05) is 11.9 Å². The van der Waals surface area contributed by atoms with Gasteiger partial charge in [-0.3, -0.25) is 0 Å². The van der Waals surface area contributed by atoms with Crippen molar-refractivity contribution in [3.8, 4) is 0 Å². The second kappa shape index (κ2) is 6.85. The lowest BCUT2D eigenvalue weighted by Gasteiger charge is -2.08. The fourth-order valence-electron chi connectivity index (χ4n) is 2.33. The SMILES string of the molecule is CCc1nc(NCCc2ccc(CO)cc2)c2ccsc2n1. The average molecular weight is 313 g/mol. The number of rotatable bonds is 6. The Labute approximate surface area is 133 Å². The van der Waals surface area contributed by atoms with Crippen molar-refractivity contribution in [1.29, 1.82) is 0 Å². The molecule has 0 spiro atoms. The van der Waals surface area contributed by atoms with Crippen molar-refractivity contribution in [2.45, 2.75) is 26.4 Å². The quantitative estimate of drug-likeness (QED) is 0.732. The monoisotopic (exact) mass is 313 g/mol. The lowest BCUT2D eigenvalue weighted by atomic mass is 10.1. The first kappa shape index (κ1) is 14.9. The second-order valence-corrected chi connectivity index (χ2v) is 6.03. The van der Waals surface area contributed by atoms with E-state index in [1.54, 1.807) is 11.3 Å². The van der Waals surface area contributed by atoms with E-state index < -0.39 is 0 Å². The molecular formula is C17H19N3OS. The molecule has 2 heterocycles. The van der Waals surface area contributed by atoms with Crippen molar-refractivity contribution in [1.82, 2.24) is 9.97 Å². The molecule has 1 aromatic carbocycles. The Hall–Kier alpha value is -1.98. The van der Waals surface area contributed by atoms with Crippen LogP contribution in [0.1, 0.15) is 23.9 Å². The maximum Gasteiger partial charge on any atom is 0.138 e. The highest BCUT2D eigenvalue weighted by molar-refractivity contribution is 7.16. The van der Waals surface area contributed by atoms with E-state index in [0.717, 1.165) is 46.8 Å². The zero-order valence-electron chi connectivity index (χ0n) is 12.5. The van der Waals surface area contributed by atoms with Gasteiger partial charge in [-0.15, -0.1) is 11.3 Å². The van der Waals surface area contributed by atoms with Crippen molar-refractivity contribution in [2.24, 2.45) is 0 Å². The standard InChI is InChI=1S/C17H19N3OS/c1-2-15-19-16(14-8-10-22-17(14)20-15)18-9-7-12-3-5-13(11-21)6-4-12/h3-6,8,10,21H,2,7,9,11H2,1H3,(H,18,19,20). The number of aliphatic hydroxyl groups is 1. The van der Waals surface area contributed by atoms with Crippen LogP contribution in [0.4, 0.5) is 5.82 Å². The summed E-state index contributed by atoms with van der Waals surface area (Å²) in [5, 5.41) is 15.6. The Morgan fingerprint density at radius 3 is 2.59 bits per heavy atom. The van der Waals surface area contributed by atoms with Crippen LogP contribution < -0.4 is 5.32 Å². The summed E-state index contributed by atoms with van der Waals surface area (Å²) in [6, 6.07) is 10.1. The van der Waals surface area contributed by atoms with E-state index in [1.807, 2.05) is 12.1 Å². The van der Waals surface area contributed by atoms with Gasteiger partial charge in [0.1, 0.15) is 16.5 Å². The summed E-state index contributed by atoms with van der Waals surface area (Å²) in [6.07, 6.45) is 1.76. The second-order valence-electron chi connectivity index (χ2n) is 5.13. The predicted octanol–water partition coefficient (Wildman–Crippen LogP) is 3.40. The number of anilines is 1. The number of hydrogen-bond donors (Lipinski definition) is 2. The number of aromatic nitrogens is 2. The minimum Gasteiger partial charge on any atom is -0.392 e. The van der Waals surface area contributed by atoms with E-state index in [4.69, 9.17) is 5.11 Å². The first-order valence-corrected chi connectivity index (χ1v) is 8.34. The highest BCUT2D eigenvalue weighted by Crippen LogP contribution is 2.25. The highest BCUT2D eigenvalue weighted by atomic mass is 32.1. The minimum atomic E-state index is 0.0927. The van der Waals surface area contributed by atoms with Crippen LogP contribution in [-0.2, 0) is 19.4 Å². The van der Waals surface area contributed by atoms with E-state index in [1.165, 1.54) is 5.56 Å². The van der Waals surface area contributed by atoms with E-state index in [9.17, 15) is 0 Å². The van der Waals surface area contributed by atoms with Gasteiger partial charge in [0.05, 0.1) is 12.0 Å². The molecule has 0 bridgehead atoms. The average Bonchev–Trinajstić information content (AvgIpc) is 3.04. The summed E-state index contributed by atoms with van der Waals surface area (Å²) in [4.78, 5) is 10.2. The molecule has 2 N–H and O–H groups in total. The van der Waals surface area contributed by atoms with Gasteiger partial charge in [-0.2, -0.15) is 0 Å². The number of nitrogens with zero attached hydrogens (tertiary/aromatic N) is 2. The maximum absolute atomic E-state index is 9.06. The number of hydrogen-bond acceptors (Lipinski definition) is 5. The van der Waals surface area contributed by atoms with Crippen molar-refractivity contribution in [3.05, 3.63) is 52.7 Å². The molecule has 0 aliphatic carbocycles. The molecule has 0 saturated heterocycles. The highest BCUT2D eigenvalue weighted by Gasteiger charge is 2.07. The van der Waals surface area contributed by atoms with Crippen molar-refractivity contribution < 1.29 is 5.11 Å². The number of aryl methyl sites for hydroxylation is 1. The maximum atomic E-state index is 9.06. The number of nitrogens with one attached hydrogen (secondary N) is 1. The molecule has 22 heavy (non-hydrogen) atoms. The van der Waals surface area contributed by atoms with Gasteiger partial charge in [0.25, 0.3) is 0 Å². The molecule has 0 aliphatic rings. The minimum absolute atomic E-state index is 0.0927. The number of fused-ring (bicyclic) bond motifs is 1. The van der Waals surface area contributed by atoms with E-state index in [2.05, 4.69) is 45.8 Å². The van der Waals surface area contributed by atoms with Crippen LogP contribution in [0.3, 0.4) is 0 Å². The van der Waals surface area contributed by atoms with Gasteiger partial charge in [0.2, 0.25) is 0 Å². The summed E-state index contributed by atoms with van der Waals surface area (Å²) in [5.74, 6) is 1.81. The van der Waals surface area contributed by atoms with Gasteiger partial charge >= 0.3 is 0 Å². The molecule has 3 rings (SSSR count). The molecule has 3 aromatic rings. The fourth-order valence-corrected chi connectivity index (χ4v) is 3.11. The van der Waals surface area contributed by atoms with E-state index in [0.29, 0.717) is 0 Å². The Morgan fingerprint density at radius 1 is 1.09 bits per heavy atom. The van der Waals surface area contributed by atoms with Crippen molar-refractivity contribution >= 4 is 27.4 Å². The van der Waals surface area contributed by atoms with Gasteiger partial charge in [-0.1, -0.05) is 31.2 Å². The Kier molecular flexibility index (Phi) is 4.65. The predicted molar refractivity (Wildman–Crippen MR) is 91.4 cm³/mol. The molecule has 2 aromatic heterocycles. The summed E-state index contributed by atoms with van der Waals surface area (Å²) >= 11 is 1.65. The first-order chi connectivity index (χ1) is 10.8. The Morgan fingerprint density at radius 2 is 1.86 bits per heavy atom. The zero-order valence-corrected chi connectivity index (χ0v) is 13.4. The lowest BCUT2D eigenvalue weighted by Crippen LogP contribution is -2.08. The molecule has 0 amide bonds. The summed E-state index contributed by atoms with van der Waals surface area (Å²) < 4.78 is 0. The molecule has 0 atom stereocenters. The topological polar surface area (TPSA) is 58.0 Å². The van der Waals surface area contributed by atoms with Gasteiger partial charge in [-0.25, -0.2) is 9.97 Å². The molecule has 4 nitrogen and oxygen atoms in total. The van der Waals surface area contributed by atoms with Crippen LogP contribution in [0, 0.1) is 0 Å². The molecular weight excluding hydrogens is 294 g/mol. The zero-order chi connectivity index (χ0) is 15.4. The molecule has 0 unspecified atom stereocenters. The molecule has 0 radical (unpaired) electrons. The van der Waals surface area contributed by atoms with Crippen LogP contribution in [0.15, 0.2) is 35.7 Å². The Bertz CT molecular complexity index is 752. The molecule has 0 aliphatic heterocycles. The first-order valence-electron chi connectivity index (χ1n) is 7.47. The smallest absolute Gasteiger partial charge is 0.138 e. The summed E-state index contributed by atoms with van der Waals surface area (Å²) in [5.41, 5.74) is 2.19. The van der Waals surface area contributed by atoms with Crippen LogP contribution in [0.25, 0.3) is 10.2 Å². The largest absolute Gasteiger partial charge is 0.392 e. The lowest BCUT2D eigenvalue weighted by molar-refractivity contribution is 0.282. The Balaban J connectivity index is 1.69. The third kappa shape index (κ3) is 3.26. The molecule has 0 fully saturated rings. The fraction of sp³-hybridized carbons (Fsp3) is 0.294. The van der Waals surface area contributed by atoms with Gasteiger partial charge in [-0.05, 0) is 29.0 Å². The van der Waals surface area contributed by atoms with Gasteiger partial charge < -0.3 is 10.4 Å². The summed E-state index contributed by atoms with van der Waals surface area (Å²) in [6.45, 7) is 2.99. The number of thiophene rings is 1. The van der Waals surface area contributed by atoms with E-state index >= 15 is 0 Å². The van der Waals surface area contributed by atoms with E-state index in [-0.39, 0.29) is 6.61 Å².